The van der Waals surface area contributed by atoms with Crippen molar-refractivity contribution in [3.8, 4) is 0 Å². The number of hydrogen-bond donors (Lipinski definition) is 2. The van der Waals surface area contributed by atoms with Crippen molar-refractivity contribution in [2.45, 2.75) is 12.5 Å². The predicted molar refractivity (Wildman–Crippen MR) is 67.1 cm³/mol. The maximum atomic E-state index is 11.3. The van der Waals surface area contributed by atoms with Crippen LogP contribution >= 0.6 is 0 Å². The molecule has 1 atom stereocenters. The molecule has 1 aromatic heterocycles. The summed E-state index contributed by atoms with van der Waals surface area (Å²) in [4.78, 5) is 22.6. The summed E-state index contributed by atoms with van der Waals surface area (Å²) in [7, 11) is 3.20. The lowest BCUT2D eigenvalue weighted by Gasteiger charge is -2.10. The molecule has 0 bridgehead atoms. The number of amides is 1. The molecule has 2 aromatic rings. The Bertz CT molecular complexity index is 642. The summed E-state index contributed by atoms with van der Waals surface area (Å²) in [6.45, 7) is 0. The van der Waals surface area contributed by atoms with E-state index in [1.54, 1.807) is 32.3 Å². The van der Waals surface area contributed by atoms with Crippen LogP contribution in [0.4, 0.5) is 0 Å². The molecule has 6 heteroatoms. The fraction of sp³-hybridized carbons (Fsp3) is 0.333. The quantitative estimate of drug-likeness (QED) is 0.816. The Morgan fingerprint density at radius 1 is 1.56 bits per heavy atom. The number of benzene rings is 1. The number of carbonyl (C=O) groups is 1. The molecule has 1 heterocycles. The lowest BCUT2D eigenvalue weighted by molar-refractivity contribution is -0.120. The molecule has 1 amide bonds. The molecule has 0 spiro atoms. The first kappa shape index (κ1) is 12.4. The third-order valence-electron chi connectivity index (χ3n) is 2.93. The van der Waals surface area contributed by atoms with E-state index in [9.17, 15) is 9.59 Å². The van der Waals surface area contributed by atoms with Gasteiger partial charge in [-0.1, -0.05) is 6.07 Å². The van der Waals surface area contributed by atoms with Crippen molar-refractivity contribution in [2.24, 2.45) is 12.8 Å². The minimum atomic E-state index is -0.417. The maximum Gasteiger partial charge on any atom is 0.419 e. The van der Waals surface area contributed by atoms with E-state index in [2.05, 4.69) is 5.32 Å². The summed E-state index contributed by atoms with van der Waals surface area (Å²) >= 11 is 0. The van der Waals surface area contributed by atoms with Crippen LogP contribution in [0.5, 0.6) is 0 Å². The van der Waals surface area contributed by atoms with E-state index in [-0.39, 0.29) is 12.3 Å². The van der Waals surface area contributed by atoms with Gasteiger partial charge in [0.15, 0.2) is 5.58 Å². The molecule has 2 rings (SSSR count). The highest BCUT2D eigenvalue weighted by Crippen LogP contribution is 2.20. The van der Waals surface area contributed by atoms with Gasteiger partial charge in [-0.25, -0.2) is 4.79 Å². The number of nitrogens with one attached hydrogen (secondary N) is 1. The molecule has 0 saturated carbocycles. The second-order valence-electron chi connectivity index (χ2n) is 4.14. The summed E-state index contributed by atoms with van der Waals surface area (Å²) in [5, 5.41) is 2.52. The number of rotatable bonds is 3. The van der Waals surface area contributed by atoms with Gasteiger partial charge in [-0.15, -0.1) is 0 Å². The molecule has 0 radical (unpaired) electrons. The van der Waals surface area contributed by atoms with Gasteiger partial charge >= 0.3 is 5.76 Å². The smallest absolute Gasteiger partial charge is 0.408 e. The van der Waals surface area contributed by atoms with Gasteiger partial charge in [0.1, 0.15) is 0 Å². The van der Waals surface area contributed by atoms with Gasteiger partial charge in [0.05, 0.1) is 5.52 Å². The fourth-order valence-corrected chi connectivity index (χ4v) is 1.80. The van der Waals surface area contributed by atoms with Crippen LogP contribution in [0.3, 0.4) is 0 Å². The van der Waals surface area contributed by atoms with Crippen LogP contribution in [-0.2, 0) is 11.8 Å². The largest absolute Gasteiger partial charge is 0.419 e. The van der Waals surface area contributed by atoms with Gasteiger partial charge in [-0.3, -0.25) is 9.36 Å². The molecule has 0 saturated heterocycles. The van der Waals surface area contributed by atoms with E-state index in [1.807, 2.05) is 0 Å². The Labute approximate surface area is 103 Å². The van der Waals surface area contributed by atoms with E-state index in [0.29, 0.717) is 11.1 Å². The summed E-state index contributed by atoms with van der Waals surface area (Å²) < 4.78 is 6.49. The van der Waals surface area contributed by atoms with Gasteiger partial charge in [-0.05, 0) is 17.7 Å². The van der Waals surface area contributed by atoms with Gasteiger partial charge < -0.3 is 15.5 Å². The molecule has 1 unspecified atom stereocenters. The van der Waals surface area contributed by atoms with Gasteiger partial charge in [0, 0.05) is 26.6 Å². The number of carbonyl (C=O) groups excluding carboxylic acids is 1. The molecule has 0 aliphatic heterocycles. The standard InChI is InChI=1S/C12H15N3O3/c1-14-11(16)6-8(13)7-3-4-9-10(5-7)18-12(17)15(9)2/h3-5,8H,6,13H2,1-2H3,(H,14,16). The van der Waals surface area contributed by atoms with E-state index in [4.69, 9.17) is 10.2 Å². The predicted octanol–water partition coefficient (Wildman–Crippen LogP) is 0.267. The molecular formula is C12H15N3O3. The van der Waals surface area contributed by atoms with Gasteiger partial charge in [0.2, 0.25) is 5.91 Å². The Morgan fingerprint density at radius 2 is 2.28 bits per heavy atom. The second-order valence-corrected chi connectivity index (χ2v) is 4.14. The average molecular weight is 249 g/mol. The van der Waals surface area contributed by atoms with Gasteiger partial charge in [-0.2, -0.15) is 0 Å². The average Bonchev–Trinajstić information content (AvgIpc) is 2.64. The number of oxazole rings is 1. The zero-order valence-corrected chi connectivity index (χ0v) is 10.3. The first-order chi connectivity index (χ1) is 8.52. The van der Waals surface area contributed by atoms with Crippen molar-refractivity contribution in [3.63, 3.8) is 0 Å². The molecule has 1 aromatic carbocycles. The number of nitrogens with zero attached hydrogens (tertiary/aromatic N) is 1. The van der Waals surface area contributed by atoms with Crippen LogP contribution in [0.1, 0.15) is 18.0 Å². The number of fused-ring (bicyclic) bond motifs is 1. The molecule has 0 fully saturated rings. The van der Waals surface area contributed by atoms with Crippen molar-refractivity contribution in [2.75, 3.05) is 7.05 Å². The van der Waals surface area contributed by atoms with Crippen LogP contribution in [0.2, 0.25) is 0 Å². The lowest BCUT2D eigenvalue weighted by atomic mass is 10.0. The normalized spacial score (nSPS) is 12.6. The molecule has 0 aliphatic rings. The Balaban J connectivity index is 2.35. The van der Waals surface area contributed by atoms with Crippen molar-refractivity contribution < 1.29 is 9.21 Å². The van der Waals surface area contributed by atoms with E-state index in [1.165, 1.54) is 4.57 Å². The van der Waals surface area contributed by atoms with Crippen molar-refractivity contribution in [1.29, 1.82) is 0 Å². The van der Waals surface area contributed by atoms with Crippen LogP contribution in [0.15, 0.2) is 27.4 Å². The molecule has 96 valence electrons. The molecule has 3 N–H and O–H groups in total. The first-order valence-electron chi connectivity index (χ1n) is 5.58. The molecule has 6 nitrogen and oxygen atoms in total. The van der Waals surface area contributed by atoms with E-state index in [0.717, 1.165) is 5.56 Å². The highest BCUT2D eigenvalue weighted by molar-refractivity contribution is 5.77. The summed E-state index contributed by atoms with van der Waals surface area (Å²) in [6.07, 6.45) is 0.194. The summed E-state index contributed by atoms with van der Waals surface area (Å²) in [5.74, 6) is -0.542. The van der Waals surface area contributed by atoms with Crippen LogP contribution in [-0.4, -0.2) is 17.5 Å². The number of nitrogens with two attached hydrogens (primary N) is 1. The maximum absolute atomic E-state index is 11.3. The van der Waals surface area contributed by atoms with Crippen LogP contribution in [0, 0.1) is 0 Å². The van der Waals surface area contributed by atoms with Crippen LogP contribution < -0.4 is 16.8 Å². The first-order valence-corrected chi connectivity index (χ1v) is 5.58. The zero-order chi connectivity index (χ0) is 13.3. The number of aryl methyl sites for hydroxylation is 1. The minimum absolute atomic E-state index is 0.128. The van der Waals surface area contributed by atoms with Crippen molar-refractivity contribution in [3.05, 3.63) is 34.3 Å². The SMILES string of the molecule is CNC(=O)CC(N)c1ccc2c(c1)oc(=O)n2C. The van der Waals surface area contributed by atoms with E-state index < -0.39 is 11.8 Å². The topological polar surface area (TPSA) is 90.3 Å². The molecule has 0 aliphatic carbocycles. The lowest BCUT2D eigenvalue weighted by Crippen LogP contribution is -2.24. The van der Waals surface area contributed by atoms with Crippen LogP contribution in [0.25, 0.3) is 11.1 Å². The van der Waals surface area contributed by atoms with Crippen molar-refractivity contribution in [1.82, 2.24) is 9.88 Å². The van der Waals surface area contributed by atoms with Gasteiger partial charge in [0.25, 0.3) is 0 Å². The summed E-state index contributed by atoms with van der Waals surface area (Å²) in [5.41, 5.74) is 7.87. The third-order valence-corrected chi connectivity index (χ3v) is 2.93. The fourth-order valence-electron chi connectivity index (χ4n) is 1.80. The number of aromatic nitrogens is 1. The monoisotopic (exact) mass is 249 g/mol. The summed E-state index contributed by atoms with van der Waals surface area (Å²) in [6, 6.07) is 4.84. The number of hydrogen-bond acceptors (Lipinski definition) is 4. The second kappa shape index (κ2) is 4.66. The molecule has 18 heavy (non-hydrogen) atoms. The Morgan fingerprint density at radius 3 is 2.94 bits per heavy atom. The third kappa shape index (κ3) is 2.14. The van der Waals surface area contributed by atoms with Crippen molar-refractivity contribution >= 4 is 17.0 Å². The molecular weight excluding hydrogens is 234 g/mol. The highest BCUT2D eigenvalue weighted by Gasteiger charge is 2.13. The Hall–Kier alpha value is -2.08. The van der Waals surface area contributed by atoms with E-state index >= 15 is 0 Å². The Kier molecular flexibility index (Phi) is 3.20. The highest BCUT2D eigenvalue weighted by atomic mass is 16.4. The zero-order valence-electron chi connectivity index (χ0n) is 10.3. The minimum Gasteiger partial charge on any atom is -0.408 e.